The largest absolute Gasteiger partial charge is 0.309 e. The fourth-order valence-corrected chi connectivity index (χ4v) is 3.97. The van der Waals surface area contributed by atoms with Crippen molar-refractivity contribution < 1.29 is 4.79 Å². The van der Waals surface area contributed by atoms with Crippen LogP contribution in [0.3, 0.4) is 0 Å². The molecule has 0 N–H and O–H groups in total. The number of carbonyl (C=O) groups is 1. The molecule has 0 saturated heterocycles. The van der Waals surface area contributed by atoms with E-state index in [4.69, 9.17) is 0 Å². The third kappa shape index (κ3) is 3.37. The highest BCUT2D eigenvalue weighted by molar-refractivity contribution is 8.00. The van der Waals surface area contributed by atoms with Gasteiger partial charge in [-0.15, -0.1) is 10.2 Å². The van der Waals surface area contributed by atoms with Crippen molar-refractivity contribution in [3.63, 3.8) is 0 Å². The Morgan fingerprint density at radius 3 is 2.32 bits per heavy atom. The maximum atomic E-state index is 13.1. The smallest absolute Gasteiger partial charge is 0.192 e. The number of aromatic nitrogens is 3. The first-order valence-electron chi connectivity index (χ1n) is 8.44. The average molecular weight is 349 g/mol. The number of rotatable bonds is 6. The number of hydrogen-bond acceptors (Lipinski definition) is 4. The summed E-state index contributed by atoms with van der Waals surface area (Å²) in [6.45, 7) is 0. The molecule has 1 fully saturated rings. The summed E-state index contributed by atoms with van der Waals surface area (Å²) in [4.78, 5) is 13.1. The number of hydrogen-bond donors (Lipinski definition) is 0. The zero-order valence-corrected chi connectivity index (χ0v) is 14.8. The highest BCUT2D eigenvalue weighted by Crippen LogP contribution is 2.42. The molecule has 0 amide bonds. The molecule has 1 aliphatic carbocycles. The summed E-state index contributed by atoms with van der Waals surface area (Å²) in [5.41, 5.74) is 1.70. The SMILES string of the molecule is Cn1c(S[C@@H](C(=O)c2ccccc2)c2ccccc2)nnc1C1CC1. The summed E-state index contributed by atoms with van der Waals surface area (Å²) >= 11 is 1.48. The van der Waals surface area contributed by atoms with Crippen LogP contribution in [0.2, 0.25) is 0 Å². The van der Waals surface area contributed by atoms with Crippen LogP contribution in [-0.4, -0.2) is 20.5 Å². The maximum absolute atomic E-state index is 13.1. The van der Waals surface area contributed by atoms with Crippen molar-refractivity contribution in [3.8, 4) is 0 Å². The van der Waals surface area contributed by atoms with Gasteiger partial charge >= 0.3 is 0 Å². The summed E-state index contributed by atoms with van der Waals surface area (Å²) in [5, 5.41) is 9.14. The first-order chi connectivity index (χ1) is 12.2. The Morgan fingerprint density at radius 1 is 1.04 bits per heavy atom. The van der Waals surface area contributed by atoms with Gasteiger partial charge in [-0.3, -0.25) is 4.79 Å². The lowest BCUT2D eigenvalue weighted by atomic mass is 10.0. The summed E-state index contributed by atoms with van der Waals surface area (Å²) in [6, 6.07) is 19.3. The third-order valence-electron chi connectivity index (χ3n) is 4.43. The molecule has 4 nitrogen and oxygen atoms in total. The van der Waals surface area contributed by atoms with Crippen molar-refractivity contribution in [3.05, 3.63) is 77.6 Å². The molecule has 1 atom stereocenters. The van der Waals surface area contributed by atoms with Crippen LogP contribution in [0.15, 0.2) is 65.8 Å². The third-order valence-corrected chi connectivity index (χ3v) is 5.72. The van der Waals surface area contributed by atoms with Gasteiger partial charge in [0.2, 0.25) is 0 Å². The Balaban J connectivity index is 1.67. The second-order valence-electron chi connectivity index (χ2n) is 6.31. The summed E-state index contributed by atoms with van der Waals surface area (Å²) in [5.74, 6) is 1.65. The fourth-order valence-electron chi connectivity index (χ4n) is 2.89. The van der Waals surface area contributed by atoms with E-state index in [1.54, 1.807) is 0 Å². The highest BCUT2D eigenvalue weighted by Gasteiger charge is 2.31. The summed E-state index contributed by atoms with van der Waals surface area (Å²) < 4.78 is 2.04. The molecule has 126 valence electrons. The lowest BCUT2D eigenvalue weighted by Crippen LogP contribution is -2.11. The van der Waals surface area contributed by atoms with Gasteiger partial charge in [0.25, 0.3) is 0 Å². The first kappa shape index (κ1) is 16.1. The fraction of sp³-hybridized carbons (Fsp3) is 0.250. The topological polar surface area (TPSA) is 47.8 Å². The van der Waals surface area contributed by atoms with Crippen LogP contribution in [0.1, 0.15) is 45.8 Å². The van der Waals surface area contributed by atoms with Crippen molar-refractivity contribution in [1.82, 2.24) is 14.8 Å². The number of benzene rings is 2. The molecule has 1 heterocycles. The number of carbonyl (C=O) groups excluding carboxylic acids is 1. The van der Waals surface area contributed by atoms with E-state index in [-0.39, 0.29) is 11.0 Å². The molecule has 0 bridgehead atoms. The Labute approximate surface area is 151 Å². The van der Waals surface area contributed by atoms with E-state index in [9.17, 15) is 4.79 Å². The zero-order chi connectivity index (χ0) is 17.2. The molecular formula is C20H19N3OS. The van der Waals surface area contributed by atoms with Gasteiger partial charge in [-0.2, -0.15) is 0 Å². The quantitative estimate of drug-likeness (QED) is 0.488. The van der Waals surface area contributed by atoms with Gasteiger partial charge in [0, 0.05) is 18.5 Å². The van der Waals surface area contributed by atoms with Crippen LogP contribution in [0, 0.1) is 0 Å². The average Bonchev–Trinajstić information content (AvgIpc) is 3.44. The van der Waals surface area contributed by atoms with Crippen LogP contribution in [0.25, 0.3) is 0 Å². The van der Waals surface area contributed by atoms with Gasteiger partial charge in [-0.25, -0.2) is 0 Å². The monoisotopic (exact) mass is 349 g/mol. The lowest BCUT2D eigenvalue weighted by molar-refractivity contribution is 0.0989. The van der Waals surface area contributed by atoms with Crippen LogP contribution in [0.4, 0.5) is 0 Å². The molecular weight excluding hydrogens is 330 g/mol. The zero-order valence-electron chi connectivity index (χ0n) is 14.0. The number of ketones is 1. The second-order valence-corrected chi connectivity index (χ2v) is 7.39. The molecule has 4 rings (SSSR count). The standard InChI is InChI=1S/C20H19N3OS/c1-23-19(16-12-13-16)21-22-20(23)25-18(15-10-6-3-7-11-15)17(24)14-8-4-2-5-9-14/h2-11,16,18H,12-13H2,1H3/t18-/m1/s1. The number of Topliss-reactive ketones (excluding diaryl/α,β-unsaturated/α-hetero) is 1. The molecule has 0 aliphatic heterocycles. The van der Waals surface area contributed by atoms with Crippen LogP contribution in [0.5, 0.6) is 0 Å². The van der Waals surface area contributed by atoms with Gasteiger partial charge in [0.05, 0.1) is 0 Å². The molecule has 25 heavy (non-hydrogen) atoms. The van der Waals surface area contributed by atoms with Crippen molar-refractivity contribution in [2.45, 2.75) is 29.2 Å². The van der Waals surface area contributed by atoms with Gasteiger partial charge < -0.3 is 4.57 Å². The Morgan fingerprint density at radius 2 is 1.68 bits per heavy atom. The van der Waals surface area contributed by atoms with Crippen molar-refractivity contribution in [1.29, 1.82) is 0 Å². The number of nitrogens with zero attached hydrogens (tertiary/aromatic N) is 3. The number of thioether (sulfide) groups is 1. The minimum absolute atomic E-state index is 0.0905. The van der Waals surface area contributed by atoms with Crippen molar-refractivity contribution in [2.24, 2.45) is 7.05 Å². The maximum Gasteiger partial charge on any atom is 0.192 e. The van der Waals surface area contributed by atoms with Crippen LogP contribution in [-0.2, 0) is 7.05 Å². The van der Waals surface area contributed by atoms with Crippen LogP contribution < -0.4 is 0 Å². The molecule has 5 heteroatoms. The van der Waals surface area contributed by atoms with E-state index in [2.05, 4.69) is 10.2 Å². The van der Waals surface area contributed by atoms with Crippen molar-refractivity contribution >= 4 is 17.5 Å². The van der Waals surface area contributed by atoms with E-state index in [0.717, 1.165) is 16.5 Å². The lowest BCUT2D eigenvalue weighted by Gasteiger charge is -2.15. The van der Waals surface area contributed by atoms with E-state index in [1.165, 1.54) is 24.6 Å². The summed E-state index contributed by atoms with van der Waals surface area (Å²) in [7, 11) is 1.99. The molecule has 1 saturated carbocycles. The summed E-state index contributed by atoms with van der Waals surface area (Å²) in [6.07, 6.45) is 2.36. The molecule has 2 aromatic carbocycles. The van der Waals surface area contributed by atoms with Gasteiger partial charge in [0.15, 0.2) is 10.9 Å². The Kier molecular flexibility index (Phi) is 4.40. The normalized spacial score (nSPS) is 15.1. The molecule has 0 spiro atoms. The van der Waals surface area contributed by atoms with Crippen LogP contribution >= 0.6 is 11.8 Å². The van der Waals surface area contributed by atoms with Gasteiger partial charge in [-0.05, 0) is 18.4 Å². The molecule has 1 aliphatic rings. The van der Waals surface area contributed by atoms with E-state index in [0.29, 0.717) is 11.5 Å². The second kappa shape index (κ2) is 6.84. The predicted octanol–water partition coefficient (Wildman–Crippen LogP) is 4.41. The van der Waals surface area contributed by atoms with E-state index >= 15 is 0 Å². The Bertz CT molecular complexity index is 872. The molecule has 1 aromatic heterocycles. The first-order valence-corrected chi connectivity index (χ1v) is 9.32. The molecule has 0 unspecified atom stereocenters. The molecule has 0 radical (unpaired) electrons. The Hall–Kier alpha value is -2.40. The van der Waals surface area contributed by atoms with Gasteiger partial charge in [0.1, 0.15) is 11.1 Å². The minimum Gasteiger partial charge on any atom is -0.309 e. The van der Waals surface area contributed by atoms with E-state index in [1.807, 2.05) is 72.3 Å². The van der Waals surface area contributed by atoms with Crippen molar-refractivity contribution in [2.75, 3.05) is 0 Å². The van der Waals surface area contributed by atoms with E-state index < -0.39 is 0 Å². The predicted molar refractivity (Wildman–Crippen MR) is 98.8 cm³/mol. The minimum atomic E-state index is -0.335. The van der Waals surface area contributed by atoms with Gasteiger partial charge in [-0.1, -0.05) is 72.4 Å². The molecule has 3 aromatic rings. The highest BCUT2D eigenvalue weighted by atomic mass is 32.2.